The fourth-order valence-electron chi connectivity index (χ4n) is 8.95. The minimum Gasteiger partial charge on any atom is -0.488 e. The molecule has 0 radical (unpaired) electrons. The molecule has 66 heavy (non-hydrogen) atoms. The zero-order valence-electron chi connectivity index (χ0n) is 38.3. The van der Waals surface area contributed by atoms with Crippen molar-refractivity contribution < 1.29 is 37.3 Å². The molecule has 0 spiro atoms. The Morgan fingerprint density at radius 2 is 1.59 bits per heavy atom. The van der Waals surface area contributed by atoms with Crippen molar-refractivity contribution in [2.45, 2.75) is 95.4 Å². The van der Waals surface area contributed by atoms with Crippen LogP contribution in [0.3, 0.4) is 0 Å². The third-order valence-corrected chi connectivity index (χ3v) is 13.1. The lowest BCUT2D eigenvalue weighted by Gasteiger charge is -2.37. The third-order valence-electron chi connectivity index (χ3n) is 12.4. The van der Waals surface area contributed by atoms with Crippen LogP contribution in [-0.2, 0) is 26.4 Å². The topological polar surface area (TPSA) is 118 Å². The Morgan fingerprint density at radius 1 is 0.955 bits per heavy atom. The van der Waals surface area contributed by atoms with Crippen molar-refractivity contribution >= 4 is 41.8 Å². The van der Waals surface area contributed by atoms with E-state index in [2.05, 4.69) is 43.9 Å². The molecule has 0 bridgehead atoms. The van der Waals surface area contributed by atoms with E-state index in [1.807, 2.05) is 84.0 Å². The van der Waals surface area contributed by atoms with Crippen LogP contribution in [0, 0.1) is 23.5 Å². The Balaban J connectivity index is 0.837. The van der Waals surface area contributed by atoms with Gasteiger partial charge in [0.15, 0.2) is 11.2 Å². The molecule has 350 valence electrons. The predicted molar refractivity (Wildman–Crippen MR) is 251 cm³/mol. The average Bonchev–Trinajstić information content (AvgIpc) is 4.00. The van der Waals surface area contributed by atoms with Crippen LogP contribution in [0.4, 0.5) is 35.4 Å². The molecule has 3 amide bonds. The van der Waals surface area contributed by atoms with Gasteiger partial charge in [-0.05, 0) is 115 Å². The van der Waals surface area contributed by atoms with Crippen molar-refractivity contribution in [3.63, 3.8) is 0 Å². The van der Waals surface area contributed by atoms with Crippen molar-refractivity contribution in [1.29, 1.82) is 0 Å². The molecular weight excluding hydrogens is 867 g/mol. The SMILES string of the molecule is CC(C)N1C(=O)N(c2ccc(N3CCN(c4ccc(OC[C@H]5OC[C@](Cn6cncn6)(c6ccc(F)cc6F)O5)cc4)CC3)cc2)C(C)C1(S)C#CC=C1CCN(C(=O)OC(C)(C)C)CC1. The van der Waals surface area contributed by atoms with E-state index in [1.54, 1.807) is 14.7 Å². The third kappa shape index (κ3) is 10.1. The minimum atomic E-state index is -1.25. The van der Waals surface area contributed by atoms with Gasteiger partial charge in [0.2, 0.25) is 0 Å². The molecular formula is C49H58F2N8O6S. The summed E-state index contributed by atoms with van der Waals surface area (Å²) < 4.78 is 54.1. The van der Waals surface area contributed by atoms with E-state index >= 15 is 4.39 Å². The summed E-state index contributed by atoms with van der Waals surface area (Å²) in [6.45, 7) is 16.1. The highest BCUT2D eigenvalue weighted by atomic mass is 32.1. The molecule has 3 aromatic carbocycles. The van der Waals surface area contributed by atoms with E-state index in [0.29, 0.717) is 31.7 Å². The summed E-state index contributed by atoms with van der Waals surface area (Å²) in [6.07, 6.45) is 5.13. The summed E-state index contributed by atoms with van der Waals surface area (Å²) in [5, 5.41) is 4.15. The molecule has 17 heteroatoms. The molecule has 4 aliphatic rings. The molecule has 0 aliphatic carbocycles. The number of benzene rings is 3. The summed E-state index contributed by atoms with van der Waals surface area (Å²) in [6, 6.07) is 18.8. The number of ether oxygens (including phenoxy) is 4. The number of anilines is 3. The van der Waals surface area contributed by atoms with Gasteiger partial charge in [-0.15, -0.1) is 12.6 Å². The number of rotatable bonds is 10. The number of thiol groups is 1. The van der Waals surface area contributed by atoms with Crippen LogP contribution >= 0.6 is 12.6 Å². The van der Waals surface area contributed by atoms with Crippen LogP contribution in [0.25, 0.3) is 0 Å². The van der Waals surface area contributed by atoms with Gasteiger partial charge in [-0.3, -0.25) is 9.80 Å². The van der Waals surface area contributed by atoms with Crippen LogP contribution in [0.1, 0.15) is 59.9 Å². The number of allylic oxidation sites excluding steroid dienone is 1. The fourth-order valence-corrected chi connectivity index (χ4v) is 9.45. The van der Waals surface area contributed by atoms with Crippen LogP contribution in [0.5, 0.6) is 5.75 Å². The van der Waals surface area contributed by atoms with Crippen LogP contribution in [0.15, 0.2) is 91.0 Å². The number of hydrogen-bond acceptors (Lipinski definition) is 11. The minimum absolute atomic E-state index is 0.0146. The first kappa shape index (κ1) is 46.7. The largest absolute Gasteiger partial charge is 0.488 e. The van der Waals surface area contributed by atoms with Crippen LogP contribution in [-0.4, -0.2) is 118 Å². The van der Waals surface area contributed by atoms with Gasteiger partial charge in [0.1, 0.15) is 47.8 Å². The molecule has 4 aliphatic heterocycles. The van der Waals surface area contributed by atoms with Crippen molar-refractivity contribution in [3.05, 3.63) is 108 Å². The summed E-state index contributed by atoms with van der Waals surface area (Å²) in [7, 11) is 0. The Labute approximate surface area is 390 Å². The number of carbonyl (C=O) groups is 2. The highest BCUT2D eigenvalue weighted by molar-refractivity contribution is 7.82. The number of halogens is 2. The maximum atomic E-state index is 15.0. The van der Waals surface area contributed by atoms with Gasteiger partial charge < -0.3 is 33.6 Å². The molecule has 14 nitrogen and oxygen atoms in total. The number of urea groups is 1. The standard InChI is InChI=1S/C49H58F2N8O6S/c1-34(2)59-45(60)58(35(3)49(59,66)21-7-8-36-19-22-56(23-20-36)46(61)65-47(4,5)6)40-12-10-38(11-13-40)54-24-26-55(27-25-54)39-14-16-41(17-15-39)62-29-44-63-31-48(64-44,30-57-33-52-32-53-57)42-18-9-37(50)28-43(42)51/h8-18,28,32-35,44,66H,19-20,22-27,29-31H2,1-6H3/t35?,44-,48+,49?/m0/s1. The molecule has 2 unspecified atom stereocenters. The van der Waals surface area contributed by atoms with Gasteiger partial charge in [0, 0.05) is 74.0 Å². The van der Waals surface area contributed by atoms with Crippen LogP contribution < -0.4 is 19.4 Å². The Kier molecular flexibility index (Phi) is 13.6. The normalized spacial score (nSPS) is 23.6. The quantitative estimate of drug-likeness (QED) is 0.125. The number of amides is 3. The number of nitrogens with zero attached hydrogens (tertiary/aromatic N) is 8. The number of aromatic nitrogens is 3. The van der Waals surface area contributed by atoms with Crippen molar-refractivity contribution in [2.75, 3.05) is 67.2 Å². The summed E-state index contributed by atoms with van der Waals surface area (Å²) in [5.41, 5.74) is 2.46. The average molecular weight is 925 g/mol. The number of likely N-dealkylation sites (tertiary alicyclic amines) is 1. The molecule has 4 atom stereocenters. The van der Waals surface area contributed by atoms with E-state index in [-0.39, 0.29) is 49.5 Å². The first-order chi connectivity index (χ1) is 31.5. The summed E-state index contributed by atoms with van der Waals surface area (Å²) in [5.74, 6) is 5.79. The van der Waals surface area contributed by atoms with Gasteiger partial charge >= 0.3 is 12.1 Å². The Hall–Kier alpha value is -5.83. The second-order valence-corrected chi connectivity index (χ2v) is 19.1. The second-order valence-electron chi connectivity index (χ2n) is 18.4. The van der Waals surface area contributed by atoms with Gasteiger partial charge in [-0.1, -0.05) is 23.5 Å². The highest BCUT2D eigenvalue weighted by Gasteiger charge is 2.54. The molecule has 5 heterocycles. The number of hydrogen-bond donors (Lipinski definition) is 1. The van der Waals surface area contributed by atoms with E-state index in [9.17, 15) is 14.0 Å². The van der Waals surface area contributed by atoms with E-state index < -0.39 is 34.0 Å². The summed E-state index contributed by atoms with van der Waals surface area (Å²) in [4.78, 5) is 39.5. The van der Waals surface area contributed by atoms with Gasteiger partial charge in [-0.25, -0.2) is 28.0 Å². The van der Waals surface area contributed by atoms with Crippen molar-refractivity contribution in [3.8, 4) is 17.6 Å². The van der Waals surface area contributed by atoms with Crippen molar-refractivity contribution in [2.24, 2.45) is 0 Å². The summed E-state index contributed by atoms with van der Waals surface area (Å²) >= 11 is 5.11. The van der Waals surface area contributed by atoms with E-state index in [4.69, 9.17) is 31.6 Å². The second kappa shape index (κ2) is 19.2. The number of piperazine rings is 1. The molecule has 4 aromatic rings. The number of piperidine rings is 1. The lowest BCUT2D eigenvalue weighted by atomic mass is 9.94. The molecule has 8 rings (SSSR count). The zero-order valence-corrected chi connectivity index (χ0v) is 39.2. The molecule has 1 aromatic heterocycles. The number of carbonyl (C=O) groups excluding carboxylic acids is 2. The predicted octanol–water partition coefficient (Wildman–Crippen LogP) is 7.86. The molecule has 4 saturated heterocycles. The van der Waals surface area contributed by atoms with Crippen LogP contribution in [0.2, 0.25) is 0 Å². The zero-order chi connectivity index (χ0) is 46.8. The first-order valence-corrected chi connectivity index (χ1v) is 22.9. The lowest BCUT2D eigenvalue weighted by molar-refractivity contribution is -0.117. The molecule has 4 fully saturated rings. The monoisotopic (exact) mass is 924 g/mol. The fraction of sp³-hybridized carbons (Fsp3) is 0.469. The van der Waals surface area contributed by atoms with Gasteiger partial charge in [-0.2, -0.15) is 5.10 Å². The molecule has 0 N–H and O–H groups in total. The van der Waals surface area contributed by atoms with E-state index in [1.165, 1.54) is 29.5 Å². The van der Waals surface area contributed by atoms with Gasteiger partial charge in [0.25, 0.3) is 0 Å². The first-order valence-electron chi connectivity index (χ1n) is 22.5. The van der Waals surface area contributed by atoms with E-state index in [0.717, 1.165) is 54.9 Å². The van der Waals surface area contributed by atoms with Gasteiger partial charge in [0.05, 0.1) is 19.2 Å². The Morgan fingerprint density at radius 3 is 2.18 bits per heavy atom. The maximum absolute atomic E-state index is 15.0. The smallest absolute Gasteiger partial charge is 0.410 e. The van der Waals surface area contributed by atoms with Crippen molar-refractivity contribution in [1.82, 2.24) is 24.6 Å². The Bertz CT molecular complexity index is 2440. The maximum Gasteiger partial charge on any atom is 0.410 e. The lowest BCUT2D eigenvalue weighted by Crippen LogP contribution is -2.48. The molecule has 0 saturated carbocycles. The highest BCUT2D eigenvalue weighted by Crippen LogP contribution is 2.41.